The highest BCUT2D eigenvalue weighted by atomic mass is 19.4. The third kappa shape index (κ3) is 4.24. The van der Waals surface area contributed by atoms with Gasteiger partial charge in [-0.2, -0.15) is 13.2 Å². The molecular formula is C13H16F3NO2. The zero-order chi connectivity index (χ0) is 14.5. The Kier molecular flexibility index (Phi) is 5.35. The smallest absolute Gasteiger partial charge is 0.274 e. The van der Waals surface area contributed by atoms with Crippen molar-refractivity contribution in [1.29, 1.82) is 0 Å². The van der Waals surface area contributed by atoms with Gasteiger partial charge < -0.3 is 0 Å². The second-order valence-corrected chi connectivity index (χ2v) is 3.98. The van der Waals surface area contributed by atoms with Crippen LogP contribution >= 0.6 is 0 Å². The minimum absolute atomic E-state index is 0.296. The molecule has 1 amide bonds. The van der Waals surface area contributed by atoms with Crippen LogP contribution < -0.4 is 5.48 Å². The maximum atomic E-state index is 12.6. The van der Waals surface area contributed by atoms with E-state index in [9.17, 15) is 18.0 Å². The second kappa shape index (κ2) is 6.56. The Morgan fingerprint density at radius 3 is 2.58 bits per heavy atom. The zero-order valence-electron chi connectivity index (χ0n) is 10.8. The largest absolute Gasteiger partial charge is 0.416 e. The lowest BCUT2D eigenvalue weighted by Crippen LogP contribution is -2.29. The summed E-state index contributed by atoms with van der Waals surface area (Å²) in [6, 6.07) is 4.79. The molecule has 19 heavy (non-hydrogen) atoms. The van der Waals surface area contributed by atoms with Gasteiger partial charge in [0.25, 0.3) is 5.91 Å². The molecule has 1 unspecified atom stereocenters. The van der Waals surface area contributed by atoms with Crippen molar-refractivity contribution in [2.75, 3.05) is 6.61 Å². The van der Waals surface area contributed by atoms with Crippen LogP contribution in [0, 0.1) is 0 Å². The van der Waals surface area contributed by atoms with Crippen molar-refractivity contribution in [1.82, 2.24) is 5.48 Å². The number of halogens is 3. The molecule has 3 nitrogen and oxygen atoms in total. The molecule has 0 aliphatic carbocycles. The molecule has 0 radical (unpaired) electrons. The summed E-state index contributed by atoms with van der Waals surface area (Å²) < 4.78 is 37.8. The van der Waals surface area contributed by atoms with Gasteiger partial charge in [-0.1, -0.05) is 25.1 Å². The molecule has 0 aromatic heterocycles. The average molecular weight is 275 g/mol. The third-order valence-electron chi connectivity index (χ3n) is 2.66. The molecule has 1 atom stereocenters. The van der Waals surface area contributed by atoms with Gasteiger partial charge in [0.05, 0.1) is 18.1 Å². The van der Waals surface area contributed by atoms with Crippen molar-refractivity contribution in [2.45, 2.75) is 32.4 Å². The summed E-state index contributed by atoms with van der Waals surface area (Å²) in [6.45, 7) is 3.73. The van der Waals surface area contributed by atoms with Crippen molar-refractivity contribution < 1.29 is 22.8 Å². The fraction of sp³-hybridized carbons (Fsp3) is 0.462. The van der Waals surface area contributed by atoms with Crippen LogP contribution in [-0.2, 0) is 15.8 Å². The van der Waals surface area contributed by atoms with Crippen molar-refractivity contribution >= 4 is 5.91 Å². The molecule has 0 aliphatic heterocycles. The highest BCUT2D eigenvalue weighted by Crippen LogP contribution is 2.31. The molecule has 1 rings (SSSR count). The number of carbonyl (C=O) groups is 1. The number of hydroxylamine groups is 1. The minimum atomic E-state index is -4.41. The van der Waals surface area contributed by atoms with Crippen LogP contribution in [0.25, 0.3) is 0 Å². The van der Waals surface area contributed by atoms with Crippen LogP contribution in [0.15, 0.2) is 24.3 Å². The van der Waals surface area contributed by atoms with E-state index in [0.717, 1.165) is 12.1 Å². The fourth-order valence-electron chi connectivity index (χ4n) is 1.72. The summed E-state index contributed by atoms with van der Waals surface area (Å²) in [5, 5.41) is 0. The van der Waals surface area contributed by atoms with Gasteiger partial charge in [-0.15, -0.1) is 0 Å². The molecule has 106 valence electrons. The molecule has 0 spiro atoms. The summed E-state index contributed by atoms with van der Waals surface area (Å²) >= 11 is 0. The summed E-state index contributed by atoms with van der Waals surface area (Å²) in [7, 11) is 0. The second-order valence-electron chi connectivity index (χ2n) is 3.98. The Morgan fingerprint density at radius 1 is 1.37 bits per heavy atom. The van der Waals surface area contributed by atoms with E-state index in [0.29, 0.717) is 18.6 Å². The fourth-order valence-corrected chi connectivity index (χ4v) is 1.72. The van der Waals surface area contributed by atoms with Crippen molar-refractivity contribution in [2.24, 2.45) is 0 Å². The standard InChI is InChI=1S/C13H16F3NO2/c1-3-11(12(18)17-19-4-2)9-6-5-7-10(8-9)13(14,15)16/h5-8,11H,3-4H2,1-2H3,(H,17,18). The summed E-state index contributed by atoms with van der Waals surface area (Å²) in [5.74, 6) is -1.10. The van der Waals surface area contributed by atoms with Crippen LogP contribution in [0.2, 0.25) is 0 Å². The molecule has 1 N–H and O–H groups in total. The highest BCUT2D eigenvalue weighted by Gasteiger charge is 2.31. The number of hydrogen-bond acceptors (Lipinski definition) is 2. The van der Waals surface area contributed by atoms with Crippen molar-refractivity contribution in [3.05, 3.63) is 35.4 Å². The predicted octanol–water partition coefficient (Wildman–Crippen LogP) is 3.27. The summed E-state index contributed by atoms with van der Waals surface area (Å²) in [6.07, 6.45) is -4.02. The Labute approximate surface area is 109 Å². The first-order valence-corrected chi connectivity index (χ1v) is 5.99. The third-order valence-corrected chi connectivity index (χ3v) is 2.66. The Balaban J connectivity index is 2.96. The van der Waals surface area contributed by atoms with Gasteiger partial charge in [-0.05, 0) is 25.0 Å². The molecule has 1 aromatic carbocycles. The van der Waals surface area contributed by atoms with E-state index in [1.165, 1.54) is 12.1 Å². The molecule has 6 heteroatoms. The van der Waals surface area contributed by atoms with Gasteiger partial charge >= 0.3 is 6.18 Å². The molecular weight excluding hydrogens is 259 g/mol. The SMILES string of the molecule is CCONC(=O)C(CC)c1cccc(C(F)(F)F)c1. The normalized spacial score (nSPS) is 13.1. The lowest BCUT2D eigenvalue weighted by molar-refractivity contribution is -0.138. The number of amides is 1. The first-order valence-electron chi connectivity index (χ1n) is 5.99. The summed E-state index contributed by atoms with van der Waals surface area (Å²) in [4.78, 5) is 16.6. The van der Waals surface area contributed by atoms with E-state index in [1.807, 2.05) is 0 Å². The lowest BCUT2D eigenvalue weighted by Gasteiger charge is -2.16. The number of nitrogens with one attached hydrogen (secondary N) is 1. The molecule has 0 saturated carbocycles. The Morgan fingerprint density at radius 2 is 2.05 bits per heavy atom. The van der Waals surface area contributed by atoms with Gasteiger partial charge in [0.2, 0.25) is 0 Å². The Hall–Kier alpha value is -1.56. The van der Waals surface area contributed by atoms with Gasteiger partial charge in [0.15, 0.2) is 0 Å². The first kappa shape index (κ1) is 15.5. The summed E-state index contributed by atoms with van der Waals surface area (Å²) in [5.41, 5.74) is 1.79. The first-order chi connectivity index (χ1) is 8.90. The van der Waals surface area contributed by atoms with E-state index >= 15 is 0 Å². The van der Waals surface area contributed by atoms with Gasteiger partial charge in [-0.25, -0.2) is 5.48 Å². The van der Waals surface area contributed by atoms with E-state index in [4.69, 9.17) is 4.84 Å². The monoisotopic (exact) mass is 275 g/mol. The van der Waals surface area contributed by atoms with E-state index in [2.05, 4.69) is 5.48 Å². The number of hydrogen-bond donors (Lipinski definition) is 1. The van der Waals surface area contributed by atoms with Crippen LogP contribution in [0.1, 0.15) is 37.3 Å². The van der Waals surface area contributed by atoms with Crippen molar-refractivity contribution in [3.8, 4) is 0 Å². The van der Waals surface area contributed by atoms with E-state index in [-0.39, 0.29) is 0 Å². The zero-order valence-corrected chi connectivity index (χ0v) is 10.8. The molecule has 0 saturated heterocycles. The maximum Gasteiger partial charge on any atom is 0.416 e. The van der Waals surface area contributed by atoms with E-state index in [1.54, 1.807) is 13.8 Å². The minimum Gasteiger partial charge on any atom is -0.274 e. The molecule has 0 aliphatic rings. The van der Waals surface area contributed by atoms with Crippen LogP contribution in [0.5, 0.6) is 0 Å². The van der Waals surface area contributed by atoms with Crippen molar-refractivity contribution in [3.63, 3.8) is 0 Å². The molecule has 0 bridgehead atoms. The highest BCUT2D eigenvalue weighted by molar-refractivity contribution is 5.82. The lowest BCUT2D eigenvalue weighted by atomic mass is 9.94. The Bertz CT molecular complexity index is 432. The number of alkyl halides is 3. The van der Waals surface area contributed by atoms with Crippen LogP contribution in [0.4, 0.5) is 13.2 Å². The van der Waals surface area contributed by atoms with E-state index < -0.39 is 23.6 Å². The quantitative estimate of drug-likeness (QED) is 0.838. The number of rotatable bonds is 5. The predicted molar refractivity (Wildman–Crippen MR) is 64.2 cm³/mol. The molecule has 0 fully saturated rings. The molecule has 0 heterocycles. The molecule has 1 aromatic rings. The van der Waals surface area contributed by atoms with Gasteiger partial charge in [0, 0.05) is 0 Å². The number of carbonyl (C=O) groups excluding carboxylic acids is 1. The van der Waals surface area contributed by atoms with Crippen LogP contribution in [0.3, 0.4) is 0 Å². The topological polar surface area (TPSA) is 38.3 Å². The number of benzene rings is 1. The maximum absolute atomic E-state index is 12.6. The van der Waals surface area contributed by atoms with Gasteiger partial charge in [0.1, 0.15) is 0 Å². The average Bonchev–Trinajstić information content (AvgIpc) is 2.36. The van der Waals surface area contributed by atoms with Crippen LogP contribution in [-0.4, -0.2) is 12.5 Å². The van der Waals surface area contributed by atoms with Gasteiger partial charge in [-0.3, -0.25) is 9.63 Å².